The minimum atomic E-state index is -5.56. The van der Waals surface area contributed by atoms with Crippen LogP contribution in [0.5, 0.6) is 0 Å². The molecule has 0 unspecified atom stereocenters. The van der Waals surface area contributed by atoms with Gasteiger partial charge < -0.3 is 0 Å². The molecule has 4 nitrogen and oxygen atoms in total. The number of hydrogen-bond donors (Lipinski definition) is 0. The van der Waals surface area contributed by atoms with E-state index >= 15 is 0 Å². The Kier molecular flexibility index (Phi) is 5.31. The lowest BCUT2D eigenvalue weighted by Crippen LogP contribution is -2.36. The van der Waals surface area contributed by atoms with E-state index in [1.165, 1.54) is 6.07 Å². The number of hydrogen-bond acceptors (Lipinski definition) is 4. The average Bonchev–Trinajstić information content (AvgIpc) is 2.21. The van der Waals surface area contributed by atoms with Crippen LogP contribution in [0.3, 0.4) is 0 Å². The molecule has 0 bridgehead atoms. The van der Waals surface area contributed by atoms with E-state index in [9.17, 15) is 43.2 Å². The highest BCUT2D eigenvalue weighted by Gasteiger charge is 2.45. The second-order valence-electron chi connectivity index (χ2n) is 4.40. The summed E-state index contributed by atoms with van der Waals surface area (Å²) in [6, 6.07) is 5.06. The van der Waals surface area contributed by atoms with Gasteiger partial charge in [0.1, 0.15) is 11.5 Å². The molecule has 23 heavy (non-hydrogen) atoms. The summed E-state index contributed by atoms with van der Waals surface area (Å²) in [5.74, 6) is -5.16. The van der Waals surface area contributed by atoms with Crippen LogP contribution in [0.4, 0.5) is 26.3 Å². The maximum absolute atomic E-state index is 12.3. The van der Waals surface area contributed by atoms with Gasteiger partial charge in [-0.25, -0.2) is 16.8 Å². The van der Waals surface area contributed by atoms with E-state index in [4.69, 9.17) is 0 Å². The molecule has 1 aromatic rings. The van der Waals surface area contributed by atoms with E-state index < -0.39 is 53.7 Å². The molecule has 0 amide bonds. The van der Waals surface area contributed by atoms with Crippen molar-refractivity contribution in [3.05, 3.63) is 40.5 Å². The third-order valence-electron chi connectivity index (χ3n) is 2.28. The van der Waals surface area contributed by atoms with Gasteiger partial charge in [-0.05, 0) is 0 Å². The van der Waals surface area contributed by atoms with Crippen LogP contribution >= 0.6 is 0 Å². The zero-order chi connectivity index (χ0) is 18.1. The third-order valence-corrected chi connectivity index (χ3v) is 6.82. The summed E-state index contributed by atoms with van der Waals surface area (Å²) in [4.78, 5) is 0. The van der Waals surface area contributed by atoms with Crippen LogP contribution in [0.15, 0.2) is 30.3 Å². The maximum Gasteiger partial charge on any atom is 0.402 e. The molecule has 0 radical (unpaired) electrons. The predicted molar refractivity (Wildman–Crippen MR) is 68.5 cm³/mol. The molecule has 0 atom stereocenters. The zero-order valence-electron chi connectivity index (χ0n) is 11.0. The first-order valence-corrected chi connectivity index (χ1v) is 8.96. The summed E-state index contributed by atoms with van der Waals surface area (Å²) in [5, 5.41) is 0. The number of alkyl halides is 6. The Morgan fingerprint density at radius 1 is 0.739 bits per heavy atom. The number of sulfone groups is 2. The van der Waals surface area contributed by atoms with Crippen molar-refractivity contribution in [2.75, 3.05) is 11.5 Å². The van der Waals surface area contributed by atoms with Crippen LogP contribution in [0.25, 0.3) is 0 Å². The lowest BCUT2D eigenvalue weighted by Gasteiger charge is -2.26. The fourth-order valence-corrected chi connectivity index (χ4v) is 5.70. The van der Waals surface area contributed by atoms with Crippen molar-refractivity contribution in [3.8, 4) is 0 Å². The van der Waals surface area contributed by atoms with Crippen molar-refractivity contribution in [2.45, 2.75) is 12.4 Å². The minimum Gasteiger partial charge on any atom is -0.235 e. The van der Waals surface area contributed by atoms with Gasteiger partial charge in [0.15, 0.2) is 19.7 Å². The Balaban J connectivity index is 3.47. The first kappa shape index (κ1) is 19.6. The van der Waals surface area contributed by atoms with Crippen LogP contribution < -0.4 is 0 Å². The van der Waals surface area contributed by atoms with Crippen LogP contribution in [0.2, 0.25) is 0 Å². The van der Waals surface area contributed by atoms with Crippen molar-refractivity contribution in [1.29, 1.82) is 0 Å². The minimum absolute atomic E-state index is 0.763. The Labute approximate surface area is 128 Å². The molecule has 0 spiro atoms. The standard InChI is InChI=1S/C11H9F6O4S2/c12-10(13,14)6-22(18,19)9(8-4-2-1-3-5-8)23(20,21)7-11(15,16)17/h1-5H,6-7H2/q-1. The molecule has 12 heteroatoms. The van der Waals surface area contributed by atoms with Crippen LogP contribution in [0, 0.1) is 4.58 Å². The number of rotatable bonds is 5. The van der Waals surface area contributed by atoms with Crippen molar-refractivity contribution >= 4 is 19.7 Å². The van der Waals surface area contributed by atoms with Gasteiger partial charge in [0.05, 0.1) is 4.58 Å². The molecule has 0 saturated heterocycles. The number of benzene rings is 1. The first-order valence-electron chi connectivity index (χ1n) is 5.65. The lowest BCUT2D eigenvalue weighted by atomic mass is 10.2. The van der Waals surface area contributed by atoms with Gasteiger partial charge in [0.25, 0.3) is 0 Å². The molecule has 0 aliphatic rings. The Morgan fingerprint density at radius 2 is 1.09 bits per heavy atom. The van der Waals surface area contributed by atoms with E-state index in [1.807, 2.05) is 0 Å². The summed E-state index contributed by atoms with van der Waals surface area (Å²) >= 11 is 0. The lowest BCUT2D eigenvalue weighted by molar-refractivity contribution is -0.107. The number of halogens is 6. The first-order chi connectivity index (χ1) is 10.1. The normalized spacial score (nSPS) is 13.8. The van der Waals surface area contributed by atoms with Crippen LogP contribution in [0.1, 0.15) is 5.56 Å². The monoisotopic (exact) mass is 383 g/mol. The van der Waals surface area contributed by atoms with E-state index in [0.717, 1.165) is 24.3 Å². The van der Waals surface area contributed by atoms with Gasteiger partial charge in [0.2, 0.25) is 0 Å². The molecule has 0 aliphatic carbocycles. The fourth-order valence-electron chi connectivity index (χ4n) is 1.69. The highest BCUT2D eigenvalue weighted by atomic mass is 32.3. The zero-order valence-corrected chi connectivity index (χ0v) is 12.7. The van der Waals surface area contributed by atoms with E-state index in [-0.39, 0.29) is 0 Å². The van der Waals surface area contributed by atoms with Gasteiger partial charge >= 0.3 is 12.4 Å². The van der Waals surface area contributed by atoms with Gasteiger partial charge in [-0.3, -0.25) is 0 Å². The average molecular weight is 383 g/mol. The molecule has 1 aromatic carbocycles. The largest absolute Gasteiger partial charge is 0.402 e. The molecular weight excluding hydrogens is 374 g/mol. The molecule has 0 heterocycles. The summed E-state index contributed by atoms with van der Waals surface area (Å²) in [6.45, 7) is 0. The highest BCUT2D eigenvalue weighted by Crippen LogP contribution is 2.34. The highest BCUT2D eigenvalue weighted by molar-refractivity contribution is 8.13. The van der Waals surface area contributed by atoms with Crippen LogP contribution in [-0.4, -0.2) is 40.7 Å². The van der Waals surface area contributed by atoms with E-state index in [2.05, 4.69) is 0 Å². The van der Waals surface area contributed by atoms with Gasteiger partial charge in [-0.2, -0.15) is 44.0 Å². The van der Waals surface area contributed by atoms with Crippen molar-refractivity contribution in [3.63, 3.8) is 0 Å². The summed E-state index contributed by atoms with van der Waals surface area (Å²) in [6.07, 6.45) is -10.6. The van der Waals surface area contributed by atoms with Crippen LogP contribution in [-0.2, 0) is 19.7 Å². The maximum atomic E-state index is 12.3. The van der Waals surface area contributed by atoms with E-state index in [1.54, 1.807) is 0 Å². The second kappa shape index (κ2) is 6.23. The SMILES string of the molecule is O=S(=O)(CC(F)(F)F)[C-](c1ccccc1)S(=O)(=O)CC(F)(F)F. The Morgan fingerprint density at radius 3 is 1.39 bits per heavy atom. The predicted octanol–water partition coefficient (Wildman–Crippen LogP) is 2.48. The molecule has 0 N–H and O–H groups in total. The summed E-state index contributed by atoms with van der Waals surface area (Å²) < 4.78 is 119. The van der Waals surface area contributed by atoms with Gasteiger partial charge in [0, 0.05) is 0 Å². The molecule has 132 valence electrons. The summed E-state index contributed by atoms with van der Waals surface area (Å²) in [5.41, 5.74) is -0.763. The van der Waals surface area contributed by atoms with Gasteiger partial charge in [-0.15, -0.1) is 12.1 Å². The molecular formula is C11H9F6O4S2-. The summed E-state index contributed by atoms with van der Waals surface area (Å²) in [7, 11) is -11.1. The quantitative estimate of drug-likeness (QED) is 0.579. The van der Waals surface area contributed by atoms with Crippen molar-refractivity contribution < 1.29 is 43.2 Å². The third kappa shape index (κ3) is 5.94. The smallest absolute Gasteiger partial charge is 0.235 e. The molecule has 0 fully saturated rings. The Bertz CT molecular complexity index is 689. The molecule has 0 aromatic heterocycles. The van der Waals surface area contributed by atoms with Crippen molar-refractivity contribution in [1.82, 2.24) is 0 Å². The fraction of sp³-hybridized carbons (Fsp3) is 0.364. The van der Waals surface area contributed by atoms with Crippen molar-refractivity contribution in [2.24, 2.45) is 0 Å². The Hall–Kier alpha value is -1.43. The topological polar surface area (TPSA) is 68.3 Å². The van der Waals surface area contributed by atoms with E-state index in [0.29, 0.717) is 0 Å². The van der Waals surface area contributed by atoms with Gasteiger partial charge in [-0.1, -0.05) is 6.07 Å². The molecule has 0 aliphatic heterocycles. The second-order valence-corrected chi connectivity index (χ2v) is 8.51. The molecule has 1 rings (SSSR count). The molecule has 0 saturated carbocycles.